The quantitative estimate of drug-likeness (QED) is 0.153. The second-order valence-corrected chi connectivity index (χ2v) is 12.2. The van der Waals surface area contributed by atoms with E-state index in [1.165, 1.54) is 0 Å². The Morgan fingerprint density at radius 3 is 2.40 bits per heavy atom. The fraction of sp³-hybridized carbons (Fsp3) is 0.343. The summed E-state index contributed by atoms with van der Waals surface area (Å²) < 4.78 is 15.2. The van der Waals surface area contributed by atoms with Crippen molar-refractivity contribution in [3.05, 3.63) is 107 Å². The molecule has 1 amide bonds. The Bertz CT molecular complexity index is 1570. The molecule has 10 heteroatoms. The number of carbonyl (C=O) groups is 2. The lowest BCUT2D eigenvalue weighted by molar-refractivity contribution is -0.268. The molecule has 0 radical (unpaired) electrons. The van der Waals surface area contributed by atoms with Crippen LogP contribution in [-0.2, 0) is 39.3 Å². The first-order valence-corrected chi connectivity index (χ1v) is 16.1. The van der Waals surface area contributed by atoms with Crippen LogP contribution in [-0.4, -0.2) is 43.5 Å². The number of aliphatic carboxylic acids is 1. The number of carboxylic acids is 1. The summed E-state index contributed by atoms with van der Waals surface area (Å²) in [5, 5.41) is 22.2. The number of hydrogen-bond acceptors (Lipinski definition) is 7. The van der Waals surface area contributed by atoms with E-state index in [0.717, 1.165) is 38.5 Å². The maximum absolute atomic E-state index is 12.3. The van der Waals surface area contributed by atoms with Gasteiger partial charge in [0.05, 0.1) is 18.8 Å². The van der Waals surface area contributed by atoms with Crippen LogP contribution >= 0.6 is 11.8 Å². The van der Waals surface area contributed by atoms with Gasteiger partial charge in [-0.15, -0.1) is 0 Å². The summed E-state index contributed by atoms with van der Waals surface area (Å²) in [5.74, 6) is -0.288. The summed E-state index contributed by atoms with van der Waals surface area (Å²) in [6.07, 6.45) is 3.30. The van der Waals surface area contributed by atoms with Gasteiger partial charge in [0.1, 0.15) is 0 Å². The van der Waals surface area contributed by atoms with Gasteiger partial charge in [0.2, 0.25) is 5.91 Å². The van der Waals surface area contributed by atoms with E-state index in [1.807, 2.05) is 90.6 Å². The minimum absolute atomic E-state index is 0.00926. The van der Waals surface area contributed by atoms with Crippen molar-refractivity contribution in [3.63, 3.8) is 0 Å². The Balaban J connectivity index is 1.32. The number of aliphatic hydroxyl groups excluding tert-OH is 1. The molecule has 45 heavy (non-hydrogen) atoms. The van der Waals surface area contributed by atoms with Gasteiger partial charge in [0.25, 0.3) is 0 Å². The summed E-state index contributed by atoms with van der Waals surface area (Å²) in [6.45, 7) is 2.49. The summed E-state index contributed by atoms with van der Waals surface area (Å²) in [7, 11) is 1.98. The van der Waals surface area contributed by atoms with Gasteiger partial charge >= 0.3 is 5.97 Å². The standard InChI is InChI=1S/C35H39N3O6S/c1-23-30(22-45-35-36-18-19-38(35)2)43-34(44-33(23)26-12-10-24(21-39)11-13-26)27-16-14-25(15-17-27)29-7-4-3-6-28(29)20-37-31(40)8-5-9-32(41)42/h3-4,6-7,10-19,23,30,33-34,39H,5,8-9,20-22H2,1-2H3,(H,37,40)(H,41,42)/t23-,30+,33+,34+/m1/s1. The van der Waals surface area contributed by atoms with E-state index in [1.54, 1.807) is 18.0 Å². The van der Waals surface area contributed by atoms with Gasteiger partial charge in [-0.3, -0.25) is 9.59 Å². The fourth-order valence-corrected chi connectivity index (χ4v) is 6.51. The number of nitrogens with one attached hydrogen (secondary N) is 1. The number of carbonyl (C=O) groups excluding carboxylic acids is 1. The second kappa shape index (κ2) is 15.4. The Labute approximate surface area is 267 Å². The van der Waals surface area contributed by atoms with E-state index in [9.17, 15) is 14.7 Å². The van der Waals surface area contributed by atoms with Gasteiger partial charge in [-0.25, -0.2) is 4.98 Å². The summed E-state index contributed by atoms with van der Waals surface area (Å²) >= 11 is 1.66. The van der Waals surface area contributed by atoms with Crippen LogP contribution in [0.25, 0.3) is 11.1 Å². The Morgan fingerprint density at radius 1 is 0.978 bits per heavy atom. The number of carboxylic acid groups (broad SMARTS) is 1. The number of rotatable bonds is 13. The monoisotopic (exact) mass is 629 g/mol. The lowest BCUT2D eigenvalue weighted by atomic mass is 9.91. The third-order valence-corrected chi connectivity index (χ3v) is 9.21. The number of hydrogen-bond donors (Lipinski definition) is 3. The van der Waals surface area contributed by atoms with E-state index in [4.69, 9.17) is 14.6 Å². The highest BCUT2D eigenvalue weighted by Crippen LogP contribution is 2.43. The summed E-state index contributed by atoms with van der Waals surface area (Å²) in [6, 6.07) is 23.9. The molecule has 4 aromatic rings. The molecule has 236 valence electrons. The molecule has 0 aliphatic carbocycles. The molecule has 3 aromatic carbocycles. The Kier molecular flexibility index (Phi) is 11.1. The zero-order valence-corrected chi connectivity index (χ0v) is 26.3. The SMILES string of the molecule is C[C@@H]1[C@H](CSc2nccn2C)O[C@H](c2ccc(-c3ccccc3CNC(=O)CCCC(=O)O)cc2)O[C@@H]1c1ccc(CO)cc1. The van der Waals surface area contributed by atoms with Crippen LogP contribution in [0.1, 0.15) is 60.8 Å². The van der Waals surface area contributed by atoms with Gasteiger partial charge in [-0.05, 0) is 34.2 Å². The topological polar surface area (TPSA) is 123 Å². The van der Waals surface area contributed by atoms with Gasteiger partial charge in [-0.1, -0.05) is 91.5 Å². The summed E-state index contributed by atoms with van der Waals surface area (Å²) in [5.41, 5.74) is 5.75. The van der Waals surface area contributed by atoms with Crippen molar-refractivity contribution in [2.75, 3.05) is 5.75 Å². The zero-order chi connectivity index (χ0) is 31.8. The van der Waals surface area contributed by atoms with Gasteiger partial charge < -0.3 is 29.6 Å². The molecule has 3 N–H and O–H groups in total. The molecule has 5 rings (SSSR count). The molecule has 1 aliphatic rings. The smallest absolute Gasteiger partial charge is 0.303 e. The molecule has 0 spiro atoms. The molecule has 4 atom stereocenters. The summed E-state index contributed by atoms with van der Waals surface area (Å²) in [4.78, 5) is 27.5. The van der Waals surface area contributed by atoms with E-state index < -0.39 is 12.3 Å². The van der Waals surface area contributed by atoms with Crippen LogP contribution in [0, 0.1) is 5.92 Å². The van der Waals surface area contributed by atoms with Crippen LogP contribution in [0.4, 0.5) is 0 Å². The maximum Gasteiger partial charge on any atom is 0.303 e. The van der Waals surface area contributed by atoms with Crippen molar-refractivity contribution in [1.29, 1.82) is 0 Å². The van der Waals surface area contributed by atoms with Crippen LogP contribution < -0.4 is 5.32 Å². The van der Waals surface area contributed by atoms with E-state index in [0.29, 0.717) is 18.7 Å². The second-order valence-electron chi connectivity index (χ2n) is 11.3. The molecular formula is C35H39N3O6S. The van der Waals surface area contributed by atoms with Crippen LogP contribution in [0.5, 0.6) is 0 Å². The number of amides is 1. The Morgan fingerprint density at radius 2 is 1.71 bits per heavy atom. The number of aryl methyl sites for hydroxylation is 1. The molecule has 1 aliphatic heterocycles. The lowest BCUT2D eigenvalue weighted by Gasteiger charge is -2.41. The number of aliphatic hydroxyl groups is 1. The third kappa shape index (κ3) is 8.40. The lowest BCUT2D eigenvalue weighted by Crippen LogP contribution is -2.38. The van der Waals surface area contributed by atoms with Crippen molar-refractivity contribution >= 4 is 23.6 Å². The van der Waals surface area contributed by atoms with E-state index in [2.05, 4.69) is 17.2 Å². The fourth-order valence-electron chi connectivity index (χ4n) is 5.42. The first kappa shape index (κ1) is 32.4. The molecular weight excluding hydrogens is 590 g/mol. The molecule has 9 nitrogen and oxygen atoms in total. The van der Waals surface area contributed by atoms with Crippen LogP contribution in [0.3, 0.4) is 0 Å². The molecule has 2 heterocycles. The zero-order valence-electron chi connectivity index (χ0n) is 25.5. The first-order chi connectivity index (χ1) is 21.8. The van der Waals surface area contributed by atoms with Gasteiger partial charge in [0, 0.05) is 56.1 Å². The van der Waals surface area contributed by atoms with Gasteiger partial charge in [-0.2, -0.15) is 0 Å². The maximum atomic E-state index is 12.3. The molecule has 1 fully saturated rings. The number of thioether (sulfide) groups is 1. The Hall–Kier alpha value is -3.96. The van der Waals surface area contributed by atoms with Crippen molar-refractivity contribution in [2.45, 2.75) is 63.0 Å². The van der Waals surface area contributed by atoms with Crippen molar-refractivity contribution < 1.29 is 29.3 Å². The molecule has 0 saturated carbocycles. The number of benzene rings is 3. The first-order valence-electron chi connectivity index (χ1n) is 15.1. The van der Waals surface area contributed by atoms with Gasteiger partial charge in [0.15, 0.2) is 11.4 Å². The predicted molar refractivity (Wildman–Crippen MR) is 172 cm³/mol. The van der Waals surface area contributed by atoms with E-state index >= 15 is 0 Å². The van der Waals surface area contributed by atoms with Crippen molar-refractivity contribution in [2.24, 2.45) is 13.0 Å². The van der Waals surface area contributed by atoms with Crippen molar-refractivity contribution in [1.82, 2.24) is 14.9 Å². The number of imidazole rings is 1. The average molecular weight is 630 g/mol. The van der Waals surface area contributed by atoms with E-state index in [-0.39, 0.29) is 43.5 Å². The number of nitrogens with zero attached hydrogens (tertiary/aromatic N) is 2. The largest absolute Gasteiger partial charge is 0.481 e. The van der Waals surface area contributed by atoms with Crippen LogP contribution in [0.15, 0.2) is 90.3 Å². The molecule has 0 unspecified atom stereocenters. The molecule has 0 bridgehead atoms. The third-order valence-electron chi connectivity index (χ3n) is 8.06. The highest BCUT2D eigenvalue weighted by molar-refractivity contribution is 7.99. The predicted octanol–water partition coefficient (Wildman–Crippen LogP) is 6.03. The average Bonchev–Trinajstić information content (AvgIpc) is 3.47. The number of aromatic nitrogens is 2. The molecule has 1 aromatic heterocycles. The highest BCUT2D eigenvalue weighted by Gasteiger charge is 2.38. The van der Waals surface area contributed by atoms with Crippen LogP contribution in [0.2, 0.25) is 0 Å². The highest BCUT2D eigenvalue weighted by atomic mass is 32.2. The minimum atomic E-state index is -0.902. The number of ether oxygens (including phenoxy) is 2. The van der Waals surface area contributed by atoms with Crippen molar-refractivity contribution in [3.8, 4) is 11.1 Å². The normalized spacial score (nSPS) is 19.7. The minimum Gasteiger partial charge on any atom is -0.481 e. The molecule has 1 saturated heterocycles.